The van der Waals surface area contributed by atoms with Crippen LogP contribution in [0.25, 0.3) is 0 Å². The summed E-state index contributed by atoms with van der Waals surface area (Å²) in [5, 5.41) is 3.66. The average molecular weight is 268 g/mol. The predicted octanol–water partition coefficient (Wildman–Crippen LogP) is 3.90. The number of nitrogens with one attached hydrogen (secondary N) is 1. The molecule has 1 fully saturated rings. The van der Waals surface area contributed by atoms with E-state index >= 15 is 0 Å². The van der Waals surface area contributed by atoms with Crippen molar-refractivity contribution in [1.82, 2.24) is 5.32 Å². The first-order valence-electron chi connectivity index (χ1n) is 5.50. The lowest BCUT2D eigenvalue weighted by Crippen LogP contribution is -2.24. The third kappa shape index (κ3) is 2.61. The van der Waals surface area contributed by atoms with E-state index in [1.807, 2.05) is 0 Å². The summed E-state index contributed by atoms with van der Waals surface area (Å²) < 4.78 is 1.14. The van der Waals surface area contributed by atoms with Crippen LogP contribution in [0.5, 0.6) is 0 Å². The molecule has 2 heteroatoms. The van der Waals surface area contributed by atoms with Crippen LogP contribution in [0.3, 0.4) is 0 Å². The highest BCUT2D eigenvalue weighted by Crippen LogP contribution is 2.45. The van der Waals surface area contributed by atoms with Gasteiger partial charge in [0.15, 0.2) is 0 Å². The second kappa shape index (κ2) is 3.91. The first-order valence-corrected chi connectivity index (χ1v) is 6.30. The van der Waals surface area contributed by atoms with Crippen molar-refractivity contribution in [2.24, 2.45) is 5.41 Å². The molecular weight excluding hydrogens is 250 g/mol. The summed E-state index contributed by atoms with van der Waals surface area (Å²) in [7, 11) is 0. The van der Waals surface area contributed by atoms with Gasteiger partial charge in [0.2, 0.25) is 0 Å². The molecule has 2 rings (SSSR count). The number of benzene rings is 1. The molecule has 82 valence electrons. The lowest BCUT2D eigenvalue weighted by Gasteiger charge is -2.15. The maximum absolute atomic E-state index is 3.66. The highest BCUT2D eigenvalue weighted by molar-refractivity contribution is 9.10. The second-order valence-electron chi connectivity index (χ2n) is 5.19. The van der Waals surface area contributed by atoms with Gasteiger partial charge in [-0.15, -0.1) is 0 Å². The summed E-state index contributed by atoms with van der Waals surface area (Å²) in [6.45, 7) is 6.87. The fourth-order valence-corrected chi connectivity index (χ4v) is 2.17. The van der Waals surface area contributed by atoms with Gasteiger partial charge in [-0.1, -0.05) is 41.9 Å². The van der Waals surface area contributed by atoms with Gasteiger partial charge >= 0.3 is 0 Å². The van der Waals surface area contributed by atoms with Crippen molar-refractivity contribution < 1.29 is 0 Å². The van der Waals surface area contributed by atoms with Crippen LogP contribution in [0.4, 0.5) is 0 Å². The van der Waals surface area contributed by atoms with E-state index in [-0.39, 0.29) is 0 Å². The molecule has 1 saturated carbocycles. The molecule has 0 saturated heterocycles. The normalized spacial score (nSPS) is 24.9. The zero-order chi connectivity index (χ0) is 11.1. The third-order valence-corrected chi connectivity index (χ3v) is 3.86. The summed E-state index contributed by atoms with van der Waals surface area (Å²) in [6.07, 6.45) is 1.30. The van der Waals surface area contributed by atoms with Gasteiger partial charge in [0.1, 0.15) is 0 Å². The highest BCUT2D eigenvalue weighted by atomic mass is 79.9. The quantitative estimate of drug-likeness (QED) is 0.876. The monoisotopic (exact) mass is 267 g/mol. The Morgan fingerprint density at radius 2 is 1.87 bits per heavy atom. The van der Waals surface area contributed by atoms with Crippen LogP contribution in [0.1, 0.15) is 38.8 Å². The summed E-state index contributed by atoms with van der Waals surface area (Å²) >= 11 is 3.46. The van der Waals surface area contributed by atoms with E-state index in [1.165, 1.54) is 12.0 Å². The predicted molar refractivity (Wildman–Crippen MR) is 67.9 cm³/mol. The Morgan fingerprint density at radius 1 is 1.33 bits per heavy atom. The fourth-order valence-electron chi connectivity index (χ4n) is 1.90. The van der Waals surface area contributed by atoms with E-state index in [1.54, 1.807) is 0 Å². The van der Waals surface area contributed by atoms with E-state index in [4.69, 9.17) is 0 Å². The van der Waals surface area contributed by atoms with Crippen molar-refractivity contribution in [1.29, 1.82) is 0 Å². The summed E-state index contributed by atoms with van der Waals surface area (Å²) in [5.41, 5.74) is 1.87. The number of hydrogen-bond acceptors (Lipinski definition) is 1. The molecular formula is C13H18BrN. The third-order valence-electron chi connectivity index (χ3n) is 3.33. The molecule has 0 aliphatic heterocycles. The average Bonchev–Trinajstić information content (AvgIpc) is 2.74. The topological polar surface area (TPSA) is 12.0 Å². The van der Waals surface area contributed by atoms with Gasteiger partial charge in [0, 0.05) is 16.6 Å². The lowest BCUT2D eigenvalue weighted by atomic mass is 10.1. The Morgan fingerprint density at radius 3 is 2.33 bits per heavy atom. The molecule has 1 nitrogen and oxygen atoms in total. The standard InChI is InChI=1S/C13H18BrN/c1-9(15-12-8-13(12,2)3)10-4-6-11(14)7-5-10/h4-7,9,12,15H,8H2,1-3H3. The smallest absolute Gasteiger partial charge is 0.0294 e. The van der Waals surface area contributed by atoms with Gasteiger partial charge < -0.3 is 5.32 Å². The van der Waals surface area contributed by atoms with Crippen LogP contribution in [-0.2, 0) is 0 Å². The number of halogens is 1. The van der Waals surface area contributed by atoms with Gasteiger partial charge in [-0.3, -0.25) is 0 Å². The molecule has 2 unspecified atom stereocenters. The summed E-state index contributed by atoms with van der Waals surface area (Å²) in [5.74, 6) is 0. The van der Waals surface area contributed by atoms with E-state index < -0.39 is 0 Å². The zero-order valence-electron chi connectivity index (χ0n) is 9.55. The maximum Gasteiger partial charge on any atom is 0.0294 e. The Bertz CT molecular complexity index is 342. The van der Waals surface area contributed by atoms with Crippen LogP contribution < -0.4 is 5.32 Å². The van der Waals surface area contributed by atoms with Gasteiger partial charge in [-0.25, -0.2) is 0 Å². The first-order chi connectivity index (χ1) is 6.99. The van der Waals surface area contributed by atoms with E-state index in [2.05, 4.69) is 66.3 Å². The molecule has 0 bridgehead atoms. The van der Waals surface area contributed by atoms with Crippen LogP contribution in [-0.4, -0.2) is 6.04 Å². The Balaban J connectivity index is 1.97. The molecule has 0 amide bonds. The minimum Gasteiger partial charge on any atom is -0.307 e. The van der Waals surface area contributed by atoms with E-state index in [0.717, 1.165) is 4.47 Å². The minimum atomic E-state index is 0.449. The van der Waals surface area contributed by atoms with Crippen molar-refractivity contribution in [3.05, 3.63) is 34.3 Å². The maximum atomic E-state index is 3.66. The largest absolute Gasteiger partial charge is 0.307 e. The van der Waals surface area contributed by atoms with Crippen molar-refractivity contribution >= 4 is 15.9 Å². The fraction of sp³-hybridized carbons (Fsp3) is 0.538. The molecule has 1 aliphatic carbocycles. The van der Waals surface area contributed by atoms with Crippen LogP contribution >= 0.6 is 15.9 Å². The Kier molecular flexibility index (Phi) is 2.91. The van der Waals surface area contributed by atoms with Gasteiger partial charge in [-0.05, 0) is 36.5 Å². The van der Waals surface area contributed by atoms with Gasteiger partial charge in [-0.2, -0.15) is 0 Å². The van der Waals surface area contributed by atoms with Crippen molar-refractivity contribution in [2.75, 3.05) is 0 Å². The zero-order valence-corrected chi connectivity index (χ0v) is 11.1. The summed E-state index contributed by atoms with van der Waals surface area (Å²) in [4.78, 5) is 0. The molecule has 0 aromatic heterocycles. The second-order valence-corrected chi connectivity index (χ2v) is 6.10. The van der Waals surface area contributed by atoms with Crippen molar-refractivity contribution in [3.8, 4) is 0 Å². The van der Waals surface area contributed by atoms with Gasteiger partial charge in [0.05, 0.1) is 0 Å². The molecule has 0 radical (unpaired) electrons. The Hall–Kier alpha value is -0.340. The number of hydrogen-bond donors (Lipinski definition) is 1. The van der Waals surface area contributed by atoms with Gasteiger partial charge in [0.25, 0.3) is 0 Å². The molecule has 1 N–H and O–H groups in total. The minimum absolute atomic E-state index is 0.449. The molecule has 1 aromatic rings. The van der Waals surface area contributed by atoms with Crippen LogP contribution in [0.15, 0.2) is 28.7 Å². The van der Waals surface area contributed by atoms with Crippen molar-refractivity contribution in [3.63, 3.8) is 0 Å². The number of rotatable bonds is 3. The molecule has 1 aromatic carbocycles. The first kappa shape index (κ1) is 11.2. The summed E-state index contributed by atoms with van der Waals surface area (Å²) in [6, 6.07) is 9.70. The highest BCUT2D eigenvalue weighted by Gasteiger charge is 2.45. The van der Waals surface area contributed by atoms with Crippen LogP contribution in [0, 0.1) is 5.41 Å². The van der Waals surface area contributed by atoms with E-state index in [9.17, 15) is 0 Å². The van der Waals surface area contributed by atoms with Crippen LogP contribution in [0.2, 0.25) is 0 Å². The molecule has 2 atom stereocenters. The Labute approximate surface area is 100 Å². The van der Waals surface area contributed by atoms with E-state index in [0.29, 0.717) is 17.5 Å². The SMILES string of the molecule is CC(NC1CC1(C)C)c1ccc(Br)cc1. The van der Waals surface area contributed by atoms with Crippen molar-refractivity contribution in [2.45, 2.75) is 39.3 Å². The molecule has 1 aliphatic rings. The molecule has 15 heavy (non-hydrogen) atoms. The molecule has 0 heterocycles. The molecule has 0 spiro atoms. The lowest BCUT2D eigenvalue weighted by molar-refractivity contribution is 0.492.